The number of hydrogen-bond acceptors (Lipinski definition) is 5. The highest BCUT2D eigenvalue weighted by Crippen LogP contribution is 2.28. The van der Waals surface area contributed by atoms with Crippen LogP contribution >= 0.6 is 0 Å². The Morgan fingerprint density at radius 3 is 2.44 bits per heavy atom. The molecule has 2 rings (SSSR count). The zero-order valence-electron chi connectivity index (χ0n) is 14.3. The van der Waals surface area contributed by atoms with Crippen LogP contribution in [0.15, 0.2) is 48.5 Å². The van der Waals surface area contributed by atoms with Crippen molar-refractivity contribution in [1.29, 1.82) is 0 Å². The lowest BCUT2D eigenvalue weighted by molar-refractivity contribution is -0.123. The lowest BCUT2D eigenvalue weighted by Crippen LogP contribution is -2.30. The van der Waals surface area contributed by atoms with Gasteiger partial charge in [-0.05, 0) is 30.2 Å². The van der Waals surface area contributed by atoms with E-state index in [2.05, 4.69) is 10.1 Å². The quantitative estimate of drug-likeness (QED) is 0.744. The van der Waals surface area contributed by atoms with Gasteiger partial charge in [0.15, 0.2) is 18.1 Å². The third-order valence-electron chi connectivity index (χ3n) is 3.52. The minimum atomic E-state index is -0.469. The van der Waals surface area contributed by atoms with E-state index in [1.54, 1.807) is 12.1 Å². The predicted octanol–water partition coefficient (Wildman–Crippen LogP) is 2.22. The lowest BCUT2D eigenvalue weighted by atomic mass is 10.1. The minimum absolute atomic E-state index is 0.136. The van der Waals surface area contributed by atoms with Crippen LogP contribution in [0.25, 0.3) is 0 Å². The van der Waals surface area contributed by atoms with E-state index in [4.69, 9.17) is 9.47 Å². The standard InChI is InChI=1S/C19H21NO5/c1-23-17-12-15(19(22)24-2)8-9-16(17)25-13-18(21)20-11-10-14-6-4-3-5-7-14/h3-9,12H,10-11,13H2,1-2H3,(H,20,21). The molecule has 0 fully saturated rings. The van der Waals surface area contributed by atoms with Crippen molar-refractivity contribution >= 4 is 11.9 Å². The molecule has 0 bridgehead atoms. The molecule has 6 heteroatoms. The van der Waals surface area contributed by atoms with Gasteiger partial charge < -0.3 is 19.5 Å². The first kappa shape index (κ1) is 18.3. The van der Waals surface area contributed by atoms with Gasteiger partial charge in [0.1, 0.15) is 0 Å². The monoisotopic (exact) mass is 343 g/mol. The van der Waals surface area contributed by atoms with Gasteiger partial charge in [-0.15, -0.1) is 0 Å². The second-order valence-electron chi connectivity index (χ2n) is 5.23. The Labute approximate surface area is 146 Å². The Morgan fingerprint density at radius 2 is 1.76 bits per heavy atom. The summed E-state index contributed by atoms with van der Waals surface area (Å²) in [6, 6.07) is 14.5. The number of methoxy groups -OCH3 is 2. The maximum absolute atomic E-state index is 11.9. The summed E-state index contributed by atoms with van der Waals surface area (Å²) in [5.41, 5.74) is 1.50. The summed E-state index contributed by atoms with van der Waals surface area (Å²) in [5.74, 6) is 0.0480. The van der Waals surface area contributed by atoms with Crippen LogP contribution in [-0.4, -0.2) is 39.2 Å². The number of rotatable bonds is 8. The molecule has 0 heterocycles. The summed E-state index contributed by atoms with van der Waals surface area (Å²) in [6.07, 6.45) is 0.754. The maximum Gasteiger partial charge on any atom is 0.337 e. The number of benzene rings is 2. The van der Waals surface area contributed by atoms with Crippen molar-refractivity contribution in [3.05, 3.63) is 59.7 Å². The molecular weight excluding hydrogens is 322 g/mol. The Kier molecular flexibility index (Phi) is 6.83. The molecule has 0 saturated heterocycles. The first-order chi connectivity index (χ1) is 12.1. The molecule has 1 N–H and O–H groups in total. The van der Waals surface area contributed by atoms with Crippen LogP contribution in [0.3, 0.4) is 0 Å². The number of ether oxygens (including phenoxy) is 3. The third-order valence-corrected chi connectivity index (χ3v) is 3.52. The van der Waals surface area contributed by atoms with Gasteiger partial charge in [-0.2, -0.15) is 0 Å². The van der Waals surface area contributed by atoms with Crippen molar-refractivity contribution in [3.63, 3.8) is 0 Å². The van der Waals surface area contributed by atoms with Gasteiger partial charge in [0.25, 0.3) is 5.91 Å². The van der Waals surface area contributed by atoms with Gasteiger partial charge in [0, 0.05) is 6.54 Å². The number of hydrogen-bond donors (Lipinski definition) is 1. The molecule has 132 valence electrons. The SMILES string of the molecule is COC(=O)c1ccc(OCC(=O)NCCc2ccccc2)c(OC)c1. The maximum atomic E-state index is 11.9. The fourth-order valence-electron chi connectivity index (χ4n) is 2.22. The summed E-state index contributed by atoms with van der Waals surface area (Å²) in [6.45, 7) is 0.396. The van der Waals surface area contributed by atoms with Crippen molar-refractivity contribution in [1.82, 2.24) is 5.32 Å². The molecule has 0 aliphatic heterocycles. The van der Waals surface area contributed by atoms with Crippen molar-refractivity contribution in [3.8, 4) is 11.5 Å². The van der Waals surface area contributed by atoms with Crippen LogP contribution in [0.5, 0.6) is 11.5 Å². The van der Waals surface area contributed by atoms with Crippen molar-refractivity contribution < 1.29 is 23.8 Å². The van der Waals surface area contributed by atoms with Crippen LogP contribution in [-0.2, 0) is 16.0 Å². The molecule has 0 aromatic heterocycles. The molecule has 25 heavy (non-hydrogen) atoms. The first-order valence-electron chi connectivity index (χ1n) is 7.84. The molecule has 1 amide bonds. The van der Waals surface area contributed by atoms with E-state index in [0.717, 1.165) is 12.0 Å². The molecule has 0 unspecified atom stereocenters. The van der Waals surface area contributed by atoms with Gasteiger partial charge in [-0.3, -0.25) is 4.79 Å². The second kappa shape index (κ2) is 9.32. The zero-order chi connectivity index (χ0) is 18.1. The fourth-order valence-corrected chi connectivity index (χ4v) is 2.22. The van der Waals surface area contributed by atoms with Crippen molar-refractivity contribution in [2.24, 2.45) is 0 Å². The first-order valence-corrected chi connectivity index (χ1v) is 7.84. The Morgan fingerprint density at radius 1 is 1.00 bits per heavy atom. The normalized spacial score (nSPS) is 10.0. The average molecular weight is 343 g/mol. The van der Waals surface area contributed by atoms with E-state index in [0.29, 0.717) is 23.6 Å². The highest BCUT2D eigenvalue weighted by atomic mass is 16.5. The molecular formula is C19H21NO5. The van der Waals surface area contributed by atoms with Gasteiger partial charge in [0.05, 0.1) is 19.8 Å². The molecule has 2 aromatic carbocycles. The average Bonchev–Trinajstić information content (AvgIpc) is 2.66. The van der Waals surface area contributed by atoms with Gasteiger partial charge in [-0.1, -0.05) is 30.3 Å². The fraction of sp³-hybridized carbons (Fsp3) is 0.263. The molecule has 0 saturated carbocycles. The van der Waals surface area contributed by atoms with Crippen LogP contribution in [0.4, 0.5) is 0 Å². The predicted molar refractivity (Wildman–Crippen MR) is 93.0 cm³/mol. The number of esters is 1. The van der Waals surface area contributed by atoms with E-state index in [1.807, 2.05) is 30.3 Å². The Bertz CT molecular complexity index is 715. The van der Waals surface area contributed by atoms with Crippen LogP contribution in [0, 0.1) is 0 Å². The summed E-state index contributed by atoms with van der Waals surface area (Å²) < 4.78 is 15.3. The molecule has 0 radical (unpaired) electrons. The zero-order valence-corrected chi connectivity index (χ0v) is 14.3. The summed E-state index contributed by atoms with van der Waals surface area (Å²) in [5, 5.41) is 2.80. The second-order valence-corrected chi connectivity index (χ2v) is 5.23. The minimum Gasteiger partial charge on any atom is -0.493 e. The van der Waals surface area contributed by atoms with E-state index in [9.17, 15) is 9.59 Å². The van der Waals surface area contributed by atoms with Gasteiger partial charge in [0.2, 0.25) is 0 Å². The Balaban J connectivity index is 1.83. The third kappa shape index (κ3) is 5.53. The molecule has 2 aromatic rings. The van der Waals surface area contributed by atoms with Crippen LogP contribution in [0.2, 0.25) is 0 Å². The lowest BCUT2D eigenvalue weighted by Gasteiger charge is -2.12. The van der Waals surface area contributed by atoms with E-state index in [1.165, 1.54) is 20.3 Å². The van der Waals surface area contributed by atoms with E-state index >= 15 is 0 Å². The number of carbonyl (C=O) groups is 2. The van der Waals surface area contributed by atoms with Crippen molar-refractivity contribution in [2.75, 3.05) is 27.4 Å². The summed E-state index contributed by atoms with van der Waals surface area (Å²) in [4.78, 5) is 23.4. The summed E-state index contributed by atoms with van der Waals surface area (Å²) in [7, 11) is 2.77. The highest BCUT2D eigenvalue weighted by Gasteiger charge is 2.12. The molecule has 6 nitrogen and oxygen atoms in total. The largest absolute Gasteiger partial charge is 0.493 e. The topological polar surface area (TPSA) is 73.9 Å². The highest BCUT2D eigenvalue weighted by molar-refractivity contribution is 5.90. The van der Waals surface area contributed by atoms with Gasteiger partial charge in [-0.25, -0.2) is 4.79 Å². The van der Waals surface area contributed by atoms with Crippen LogP contribution < -0.4 is 14.8 Å². The number of carbonyl (C=O) groups excluding carboxylic acids is 2. The summed E-state index contributed by atoms with van der Waals surface area (Å²) >= 11 is 0. The number of amides is 1. The number of nitrogens with one attached hydrogen (secondary N) is 1. The molecule has 0 aliphatic carbocycles. The van der Waals surface area contributed by atoms with E-state index in [-0.39, 0.29) is 12.5 Å². The Hall–Kier alpha value is -3.02. The molecule has 0 atom stereocenters. The molecule has 0 aliphatic rings. The molecule has 0 spiro atoms. The smallest absolute Gasteiger partial charge is 0.337 e. The van der Waals surface area contributed by atoms with E-state index < -0.39 is 5.97 Å². The van der Waals surface area contributed by atoms with Crippen molar-refractivity contribution in [2.45, 2.75) is 6.42 Å². The van der Waals surface area contributed by atoms with Crippen LogP contribution in [0.1, 0.15) is 15.9 Å². The van der Waals surface area contributed by atoms with Gasteiger partial charge >= 0.3 is 5.97 Å².